The van der Waals surface area contributed by atoms with Crippen molar-refractivity contribution in [2.75, 3.05) is 18.0 Å². The first-order valence-corrected chi connectivity index (χ1v) is 11.9. The fourth-order valence-electron chi connectivity index (χ4n) is 5.17. The van der Waals surface area contributed by atoms with Crippen LogP contribution in [0.2, 0.25) is 0 Å². The zero-order chi connectivity index (χ0) is 22.8. The third-order valence-corrected chi connectivity index (χ3v) is 7.05. The molecule has 2 aliphatic rings. The molecule has 0 unspecified atom stereocenters. The molecule has 2 heterocycles. The van der Waals surface area contributed by atoms with Crippen LogP contribution >= 0.6 is 0 Å². The molecule has 1 aliphatic carbocycles. The molecule has 3 aromatic rings. The van der Waals surface area contributed by atoms with Crippen LogP contribution in [0.3, 0.4) is 0 Å². The SMILES string of the molecule is Cc1ccc(C2=C(c3ccc(N4CCC(C=O)CC4)cc3)c3ccc(O)cc3CCC2)cn1. The molecule has 5 rings (SSSR count). The molecule has 0 saturated carbocycles. The average Bonchev–Trinajstić information content (AvgIpc) is 3.04. The molecule has 4 nitrogen and oxygen atoms in total. The molecule has 0 radical (unpaired) electrons. The van der Waals surface area contributed by atoms with Crippen LogP contribution in [0, 0.1) is 12.8 Å². The van der Waals surface area contributed by atoms with Gasteiger partial charge in [-0.1, -0.05) is 24.3 Å². The first-order valence-electron chi connectivity index (χ1n) is 11.9. The van der Waals surface area contributed by atoms with Crippen LogP contribution in [-0.2, 0) is 11.2 Å². The highest BCUT2D eigenvalue weighted by Crippen LogP contribution is 2.41. The number of phenols is 1. The fraction of sp³-hybridized carbons (Fsp3) is 0.310. The van der Waals surface area contributed by atoms with Gasteiger partial charge >= 0.3 is 0 Å². The molecule has 1 fully saturated rings. The van der Waals surface area contributed by atoms with Gasteiger partial charge < -0.3 is 14.8 Å². The Morgan fingerprint density at radius 3 is 2.42 bits per heavy atom. The van der Waals surface area contributed by atoms with E-state index in [4.69, 9.17) is 0 Å². The largest absolute Gasteiger partial charge is 0.508 e. The van der Waals surface area contributed by atoms with Crippen LogP contribution in [0.5, 0.6) is 5.75 Å². The molecule has 168 valence electrons. The van der Waals surface area contributed by atoms with Crippen LogP contribution in [0.4, 0.5) is 5.69 Å². The quantitative estimate of drug-likeness (QED) is 0.523. The maximum atomic E-state index is 11.1. The van der Waals surface area contributed by atoms with Crippen molar-refractivity contribution in [2.45, 2.75) is 39.0 Å². The van der Waals surface area contributed by atoms with E-state index < -0.39 is 0 Å². The van der Waals surface area contributed by atoms with Gasteiger partial charge in [0.25, 0.3) is 0 Å². The van der Waals surface area contributed by atoms with Crippen molar-refractivity contribution in [1.29, 1.82) is 0 Å². The lowest BCUT2D eigenvalue weighted by Gasteiger charge is -2.31. The van der Waals surface area contributed by atoms with Gasteiger partial charge in [0, 0.05) is 36.6 Å². The Morgan fingerprint density at radius 1 is 0.970 bits per heavy atom. The lowest BCUT2D eigenvalue weighted by Crippen LogP contribution is -2.34. The number of aromatic nitrogens is 1. The summed E-state index contributed by atoms with van der Waals surface area (Å²) >= 11 is 0. The Morgan fingerprint density at radius 2 is 1.73 bits per heavy atom. The molecule has 0 amide bonds. The number of hydrogen-bond acceptors (Lipinski definition) is 4. The number of hydrogen-bond donors (Lipinski definition) is 1. The minimum Gasteiger partial charge on any atom is -0.508 e. The van der Waals surface area contributed by atoms with E-state index in [-0.39, 0.29) is 5.92 Å². The van der Waals surface area contributed by atoms with Gasteiger partial charge in [0.1, 0.15) is 12.0 Å². The minimum atomic E-state index is 0.204. The number of carbonyl (C=O) groups excluding carboxylic acids is 1. The number of rotatable bonds is 4. The summed E-state index contributed by atoms with van der Waals surface area (Å²) < 4.78 is 0. The second-order valence-corrected chi connectivity index (χ2v) is 9.24. The number of fused-ring (bicyclic) bond motifs is 1. The van der Waals surface area contributed by atoms with Gasteiger partial charge in [0.15, 0.2) is 0 Å². The van der Waals surface area contributed by atoms with Crippen molar-refractivity contribution in [3.05, 3.63) is 88.7 Å². The number of aldehydes is 1. The Bertz CT molecular complexity index is 1170. The number of carbonyl (C=O) groups is 1. The van der Waals surface area contributed by atoms with E-state index in [0.717, 1.165) is 62.7 Å². The summed E-state index contributed by atoms with van der Waals surface area (Å²) in [7, 11) is 0. The number of aromatic hydroxyl groups is 1. The van der Waals surface area contributed by atoms with Gasteiger partial charge in [-0.25, -0.2) is 0 Å². The highest BCUT2D eigenvalue weighted by molar-refractivity contribution is 6.00. The van der Waals surface area contributed by atoms with E-state index in [1.807, 2.05) is 19.2 Å². The molecule has 1 N–H and O–H groups in total. The summed E-state index contributed by atoms with van der Waals surface area (Å²) in [5, 5.41) is 10.1. The maximum Gasteiger partial charge on any atom is 0.123 e. The maximum absolute atomic E-state index is 11.1. The Kier molecular flexibility index (Phi) is 5.99. The van der Waals surface area contributed by atoms with Gasteiger partial charge in [0.2, 0.25) is 0 Å². The summed E-state index contributed by atoms with van der Waals surface area (Å²) in [5.41, 5.74) is 9.51. The Hall–Kier alpha value is -3.40. The van der Waals surface area contributed by atoms with Crippen molar-refractivity contribution >= 4 is 23.1 Å². The second-order valence-electron chi connectivity index (χ2n) is 9.24. The van der Waals surface area contributed by atoms with Crippen LogP contribution in [0.25, 0.3) is 11.1 Å². The van der Waals surface area contributed by atoms with Crippen molar-refractivity contribution < 1.29 is 9.90 Å². The highest BCUT2D eigenvalue weighted by atomic mass is 16.3. The highest BCUT2D eigenvalue weighted by Gasteiger charge is 2.22. The first-order chi connectivity index (χ1) is 16.1. The van der Waals surface area contributed by atoms with Crippen molar-refractivity contribution in [3.63, 3.8) is 0 Å². The lowest BCUT2D eigenvalue weighted by molar-refractivity contribution is -0.111. The molecule has 0 atom stereocenters. The molecule has 2 aromatic carbocycles. The number of benzene rings is 2. The number of anilines is 1. The number of pyridine rings is 1. The van der Waals surface area contributed by atoms with E-state index >= 15 is 0 Å². The third-order valence-electron chi connectivity index (χ3n) is 7.05. The summed E-state index contributed by atoms with van der Waals surface area (Å²) in [6.07, 6.45) is 7.90. The summed E-state index contributed by atoms with van der Waals surface area (Å²) in [4.78, 5) is 18.0. The van der Waals surface area contributed by atoms with Gasteiger partial charge in [0.05, 0.1) is 0 Å². The van der Waals surface area contributed by atoms with E-state index in [2.05, 4.69) is 52.3 Å². The number of aryl methyl sites for hydroxylation is 2. The fourth-order valence-corrected chi connectivity index (χ4v) is 5.17. The summed E-state index contributed by atoms with van der Waals surface area (Å²) in [6, 6.07) is 18.9. The molecule has 1 saturated heterocycles. The van der Waals surface area contributed by atoms with Gasteiger partial charge in [-0.05, 0) is 103 Å². The number of allylic oxidation sites excluding steroid dienone is 1. The third kappa shape index (κ3) is 4.43. The Labute approximate surface area is 195 Å². The average molecular weight is 439 g/mol. The van der Waals surface area contributed by atoms with Crippen LogP contribution < -0.4 is 4.90 Å². The van der Waals surface area contributed by atoms with Crippen LogP contribution in [0.15, 0.2) is 60.8 Å². The van der Waals surface area contributed by atoms with Crippen LogP contribution in [0.1, 0.15) is 53.6 Å². The van der Waals surface area contributed by atoms with E-state index in [1.54, 1.807) is 6.07 Å². The first kappa shape index (κ1) is 21.4. The van der Waals surface area contributed by atoms with E-state index in [9.17, 15) is 9.90 Å². The molecule has 4 heteroatoms. The molecule has 1 aliphatic heterocycles. The minimum absolute atomic E-state index is 0.204. The zero-order valence-electron chi connectivity index (χ0n) is 19.1. The molecular weight excluding hydrogens is 408 g/mol. The lowest BCUT2D eigenvalue weighted by atomic mass is 9.88. The predicted octanol–water partition coefficient (Wildman–Crippen LogP) is 5.81. The molecule has 33 heavy (non-hydrogen) atoms. The van der Waals surface area contributed by atoms with Crippen molar-refractivity contribution in [2.24, 2.45) is 5.92 Å². The van der Waals surface area contributed by atoms with Crippen molar-refractivity contribution in [3.8, 4) is 5.75 Å². The van der Waals surface area contributed by atoms with E-state index in [1.165, 1.54) is 33.5 Å². The van der Waals surface area contributed by atoms with Crippen molar-refractivity contribution in [1.82, 2.24) is 4.98 Å². The second kappa shape index (κ2) is 9.22. The topological polar surface area (TPSA) is 53.4 Å². The molecular formula is C29H30N2O2. The van der Waals surface area contributed by atoms with Gasteiger partial charge in [-0.15, -0.1) is 0 Å². The molecule has 0 spiro atoms. The normalized spacial score (nSPS) is 16.9. The van der Waals surface area contributed by atoms with Gasteiger partial charge in [-0.2, -0.15) is 0 Å². The number of piperidine rings is 1. The zero-order valence-corrected chi connectivity index (χ0v) is 19.1. The Balaban J connectivity index is 1.57. The predicted molar refractivity (Wildman–Crippen MR) is 133 cm³/mol. The summed E-state index contributed by atoms with van der Waals surface area (Å²) in [6.45, 7) is 3.86. The standard InChI is InChI=1S/C29H30N2O2/c1-20-5-6-24(18-30-20)27-4-2-3-23-17-26(33)11-12-28(23)29(27)22-7-9-25(10-8-22)31-15-13-21(19-32)14-16-31/h5-12,17-19,21,33H,2-4,13-16H2,1H3. The smallest absolute Gasteiger partial charge is 0.123 e. The van der Waals surface area contributed by atoms with Gasteiger partial charge in [-0.3, -0.25) is 4.98 Å². The monoisotopic (exact) mass is 438 g/mol. The van der Waals surface area contributed by atoms with E-state index in [0.29, 0.717) is 5.75 Å². The summed E-state index contributed by atoms with van der Waals surface area (Å²) in [5.74, 6) is 0.526. The van der Waals surface area contributed by atoms with Crippen LogP contribution in [-0.4, -0.2) is 29.5 Å². The molecule has 1 aromatic heterocycles. The molecule has 0 bridgehead atoms. The number of nitrogens with zero attached hydrogens (tertiary/aromatic N) is 2. The number of phenolic OH excluding ortho intramolecular Hbond substituents is 1.